The molecule has 0 bridgehead atoms. The quantitative estimate of drug-likeness (QED) is 0.823. The van der Waals surface area contributed by atoms with Crippen LogP contribution >= 0.6 is 0 Å². The Labute approximate surface area is 155 Å². The van der Waals surface area contributed by atoms with Crippen molar-refractivity contribution < 1.29 is 8.42 Å². The van der Waals surface area contributed by atoms with Crippen LogP contribution in [-0.2, 0) is 10.0 Å². The van der Waals surface area contributed by atoms with E-state index < -0.39 is 10.0 Å². The number of aryl methyl sites for hydroxylation is 2. The molecule has 0 amide bonds. The molecule has 1 saturated carbocycles. The molecule has 7 heteroatoms. The van der Waals surface area contributed by atoms with Crippen molar-refractivity contribution in [3.63, 3.8) is 0 Å². The van der Waals surface area contributed by atoms with Crippen LogP contribution in [0, 0.1) is 13.8 Å². The van der Waals surface area contributed by atoms with Crippen molar-refractivity contribution in [1.82, 2.24) is 14.3 Å². The normalized spacial score (nSPS) is 19.5. The van der Waals surface area contributed by atoms with Crippen LogP contribution in [0.2, 0.25) is 0 Å². The van der Waals surface area contributed by atoms with Crippen LogP contribution < -0.4 is 4.90 Å². The van der Waals surface area contributed by atoms with E-state index in [0.717, 1.165) is 61.3 Å². The highest BCUT2D eigenvalue weighted by molar-refractivity contribution is 7.90. The second-order valence-electron chi connectivity index (χ2n) is 7.60. The van der Waals surface area contributed by atoms with Gasteiger partial charge in [0.15, 0.2) is 5.65 Å². The predicted molar refractivity (Wildman–Crippen MR) is 104 cm³/mol. The van der Waals surface area contributed by atoms with E-state index in [1.165, 1.54) is 5.56 Å². The van der Waals surface area contributed by atoms with Crippen LogP contribution in [0.25, 0.3) is 11.0 Å². The maximum absolute atomic E-state index is 12.4. The van der Waals surface area contributed by atoms with E-state index >= 15 is 0 Å². The number of nitrogens with zero attached hydrogens (tertiary/aromatic N) is 4. The van der Waals surface area contributed by atoms with Gasteiger partial charge in [-0.25, -0.2) is 22.7 Å². The van der Waals surface area contributed by atoms with Gasteiger partial charge in [-0.3, -0.25) is 0 Å². The minimum absolute atomic E-state index is 0.0971. The summed E-state index contributed by atoms with van der Waals surface area (Å²) in [6.07, 6.45) is 3.31. The maximum Gasteiger partial charge on any atom is 0.216 e. The second-order valence-corrected chi connectivity index (χ2v) is 9.87. The summed E-state index contributed by atoms with van der Waals surface area (Å²) in [5.41, 5.74) is 2.96. The maximum atomic E-state index is 12.4. The first-order valence-electron chi connectivity index (χ1n) is 9.33. The van der Waals surface area contributed by atoms with Crippen LogP contribution in [-0.4, -0.2) is 54.1 Å². The molecule has 3 heterocycles. The molecular formula is C19H26N4O2S. The molecular weight excluding hydrogens is 348 g/mol. The van der Waals surface area contributed by atoms with Gasteiger partial charge < -0.3 is 4.90 Å². The molecule has 2 fully saturated rings. The van der Waals surface area contributed by atoms with Gasteiger partial charge in [0.1, 0.15) is 5.82 Å². The van der Waals surface area contributed by atoms with E-state index in [4.69, 9.17) is 4.98 Å². The summed E-state index contributed by atoms with van der Waals surface area (Å²) in [6, 6.07) is 6.32. The molecule has 0 unspecified atom stereocenters. The summed E-state index contributed by atoms with van der Waals surface area (Å²) in [5.74, 6) is 0.932. The summed E-state index contributed by atoms with van der Waals surface area (Å²) in [5, 5.41) is 0.953. The number of rotatable bonds is 4. The van der Waals surface area contributed by atoms with Crippen LogP contribution in [0.5, 0.6) is 0 Å². The molecule has 0 radical (unpaired) electrons. The van der Waals surface area contributed by atoms with Crippen molar-refractivity contribution in [3.8, 4) is 0 Å². The fourth-order valence-corrected chi connectivity index (χ4v) is 5.69. The second kappa shape index (κ2) is 6.46. The minimum atomic E-state index is -3.10. The van der Waals surface area contributed by atoms with Crippen molar-refractivity contribution >= 4 is 26.9 Å². The van der Waals surface area contributed by atoms with Crippen molar-refractivity contribution in [3.05, 3.63) is 29.5 Å². The van der Waals surface area contributed by atoms with E-state index in [-0.39, 0.29) is 11.3 Å². The number of anilines is 1. The van der Waals surface area contributed by atoms with Crippen molar-refractivity contribution in [1.29, 1.82) is 0 Å². The Balaban J connectivity index is 1.48. The topological polar surface area (TPSA) is 66.4 Å². The first kappa shape index (κ1) is 17.7. The number of pyridine rings is 2. The van der Waals surface area contributed by atoms with E-state index in [2.05, 4.69) is 35.0 Å². The number of hydrogen-bond donors (Lipinski definition) is 0. The van der Waals surface area contributed by atoms with Crippen molar-refractivity contribution in [2.24, 2.45) is 0 Å². The Morgan fingerprint density at radius 3 is 2.42 bits per heavy atom. The Kier molecular flexibility index (Phi) is 4.39. The molecule has 4 rings (SSSR count). The molecule has 0 N–H and O–H groups in total. The summed E-state index contributed by atoms with van der Waals surface area (Å²) in [4.78, 5) is 11.6. The molecule has 0 aromatic carbocycles. The zero-order valence-electron chi connectivity index (χ0n) is 15.6. The Hall–Kier alpha value is -1.73. The number of aromatic nitrogens is 2. The Morgan fingerprint density at radius 2 is 1.77 bits per heavy atom. The molecule has 26 heavy (non-hydrogen) atoms. The summed E-state index contributed by atoms with van der Waals surface area (Å²) in [6.45, 7) is 5.71. The van der Waals surface area contributed by atoms with Gasteiger partial charge in [0.2, 0.25) is 10.0 Å². The van der Waals surface area contributed by atoms with Crippen LogP contribution in [0.1, 0.15) is 36.9 Å². The number of fused-ring (bicyclic) bond motifs is 1. The molecule has 1 saturated heterocycles. The van der Waals surface area contributed by atoms with Gasteiger partial charge in [-0.05, 0) is 63.3 Å². The van der Waals surface area contributed by atoms with Crippen LogP contribution in [0.4, 0.5) is 5.82 Å². The largest absolute Gasteiger partial charge is 0.356 e. The number of hydrogen-bond acceptors (Lipinski definition) is 5. The summed E-state index contributed by atoms with van der Waals surface area (Å²) < 4.78 is 26.5. The molecule has 1 aliphatic carbocycles. The van der Waals surface area contributed by atoms with Crippen molar-refractivity contribution in [2.75, 3.05) is 25.0 Å². The lowest BCUT2D eigenvalue weighted by Crippen LogP contribution is -2.46. The van der Waals surface area contributed by atoms with Gasteiger partial charge in [-0.1, -0.05) is 0 Å². The van der Waals surface area contributed by atoms with E-state index in [1.54, 1.807) is 11.4 Å². The third-order valence-corrected chi connectivity index (χ3v) is 8.06. The SMILES string of the molecule is Cc1cc(C)c2ccc(N3CCC(N(C)S(=O)(=O)C4CC4)CC3)nc2n1. The molecule has 0 atom stereocenters. The average molecular weight is 375 g/mol. The van der Waals surface area contributed by atoms with Gasteiger partial charge in [-0.15, -0.1) is 0 Å². The third kappa shape index (κ3) is 3.18. The Bertz CT molecular complexity index is 932. The molecule has 2 aromatic rings. The minimum Gasteiger partial charge on any atom is -0.356 e. The van der Waals surface area contributed by atoms with Gasteiger partial charge in [0, 0.05) is 37.3 Å². The standard InChI is InChI=1S/C19H26N4O2S/c1-13-12-14(2)20-19-17(13)6-7-18(21-19)23-10-8-15(9-11-23)22(3)26(24,25)16-4-5-16/h6-7,12,15-16H,4-5,8-11H2,1-3H3. The van der Waals surface area contributed by atoms with Crippen molar-refractivity contribution in [2.45, 2.75) is 50.8 Å². The highest BCUT2D eigenvalue weighted by atomic mass is 32.2. The highest BCUT2D eigenvalue weighted by Crippen LogP contribution is 2.33. The number of sulfonamides is 1. The van der Waals surface area contributed by atoms with Gasteiger partial charge in [0.05, 0.1) is 5.25 Å². The van der Waals surface area contributed by atoms with Gasteiger partial charge >= 0.3 is 0 Å². The first-order valence-corrected chi connectivity index (χ1v) is 10.8. The molecule has 2 aromatic heterocycles. The lowest BCUT2D eigenvalue weighted by molar-refractivity contribution is 0.311. The first-order chi connectivity index (χ1) is 12.4. The lowest BCUT2D eigenvalue weighted by Gasteiger charge is -2.36. The van der Waals surface area contributed by atoms with Gasteiger partial charge in [-0.2, -0.15) is 0 Å². The van der Waals surface area contributed by atoms with E-state index in [1.807, 2.05) is 6.92 Å². The summed E-state index contributed by atoms with van der Waals surface area (Å²) >= 11 is 0. The average Bonchev–Trinajstić information content (AvgIpc) is 3.46. The third-order valence-electron chi connectivity index (χ3n) is 5.64. The van der Waals surface area contributed by atoms with Crippen LogP contribution in [0.15, 0.2) is 18.2 Å². The predicted octanol–water partition coefficient (Wildman–Crippen LogP) is 2.64. The van der Waals surface area contributed by atoms with Crippen LogP contribution in [0.3, 0.4) is 0 Å². The number of piperidine rings is 1. The zero-order chi connectivity index (χ0) is 18.5. The fourth-order valence-electron chi connectivity index (χ4n) is 3.87. The van der Waals surface area contributed by atoms with E-state index in [9.17, 15) is 8.42 Å². The zero-order valence-corrected chi connectivity index (χ0v) is 16.5. The molecule has 140 valence electrons. The fraction of sp³-hybridized carbons (Fsp3) is 0.579. The summed E-state index contributed by atoms with van der Waals surface area (Å²) in [7, 11) is -1.35. The highest BCUT2D eigenvalue weighted by Gasteiger charge is 2.41. The van der Waals surface area contributed by atoms with E-state index in [0.29, 0.717) is 0 Å². The monoisotopic (exact) mass is 374 g/mol. The molecule has 6 nitrogen and oxygen atoms in total. The Morgan fingerprint density at radius 1 is 1.08 bits per heavy atom. The molecule has 0 spiro atoms. The van der Waals surface area contributed by atoms with Gasteiger partial charge in [0.25, 0.3) is 0 Å². The lowest BCUT2D eigenvalue weighted by atomic mass is 10.1. The molecule has 1 aliphatic heterocycles. The smallest absolute Gasteiger partial charge is 0.216 e. The molecule has 2 aliphatic rings.